The number of hydrogen-bond donors (Lipinski definition) is 2. The molecule has 20 heavy (non-hydrogen) atoms. The van der Waals surface area contributed by atoms with Gasteiger partial charge < -0.3 is 0 Å². The van der Waals surface area contributed by atoms with Crippen molar-refractivity contribution >= 4 is 0 Å². The first-order chi connectivity index (χ1) is 9.79. The Morgan fingerprint density at radius 3 is 2.55 bits per heavy atom. The lowest BCUT2D eigenvalue weighted by atomic mass is 9.65. The molecule has 0 aliphatic heterocycles. The molecule has 110 valence electrons. The Hall–Kier alpha value is -0.860. The van der Waals surface area contributed by atoms with Gasteiger partial charge in [-0.25, -0.2) is 0 Å². The molecule has 2 saturated carbocycles. The van der Waals surface area contributed by atoms with Crippen LogP contribution in [0.5, 0.6) is 0 Å². The number of fused-ring (bicyclic) bond motifs is 1. The van der Waals surface area contributed by atoms with Gasteiger partial charge in [0.1, 0.15) is 0 Å². The third-order valence-corrected chi connectivity index (χ3v) is 5.75. The van der Waals surface area contributed by atoms with E-state index in [9.17, 15) is 0 Å². The lowest BCUT2D eigenvalue weighted by Crippen LogP contribution is -2.38. The predicted octanol–water partition coefficient (Wildman–Crippen LogP) is 4.11. The maximum Gasteiger partial charge on any atom is 0.0490 e. The summed E-state index contributed by atoms with van der Waals surface area (Å²) >= 11 is 0. The predicted molar refractivity (Wildman–Crippen MR) is 84.0 cm³/mol. The van der Waals surface area contributed by atoms with Crippen molar-refractivity contribution < 1.29 is 0 Å². The Kier molecular flexibility index (Phi) is 4.42. The summed E-state index contributed by atoms with van der Waals surface area (Å²) in [5.41, 5.74) is 5.88. The smallest absolute Gasteiger partial charge is 0.0490 e. The Balaban J connectivity index is 1.75. The van der Waals surface area contributed by atoms with E-state index in [1.54, 1.807) is 0 Å². The third kappa shape index (κ3) is 2.77. The van der Waals surface area contributed by atoms with Gasteiger partial charge in [-0.05, 0) is 55.1 Å². The first-order valence-corrected chi connectivity index (χ1v) is 8.31. The summed E-state index contributed by atoms with van der Waals surface area (Å²) in [5, 5.41) is 0. The fourth-order valence-corrected chi connectivity index (χ4v) is 4.63. The molecule has 2 heteroatoms. The van der Waals surface area contributed by atoms with Gasteiger partial charge in [-0.1, -0.05) is 49.9 Å². The normalized spacial score (nSPS) is 31.6. The van der Waals surface area contributed by atoms with Crippen LogP contribution in [0.1, 0.15) is 62.1 Å². The van der Waals surface area contributed by atoms with Crippen LogP contribution in [-0.4, -0.2) is 0 Å². The van der Waals surface area contributed by atoms with Gasteiger partial charge in [0.15, 0.2) is 0 Å². The van der Waals surface area contributed by atoms with Crippen LogP contribution in [0, 0.1) is 24.7 Å². The van der Waals surface area contributed by atoms with Crippen molar-refractivity contribution in [3.05, 3.63) is 35.4 Å². The molecule has 0 spiro atoms. The fourth-order valence-electron chi connectivity index (χ4n) is 4.63. The standard InChI is InChI=1S/C18H28N2/c1-13-6-2-5-9-17(13)18(20-19)16-11-10-14-7-3-4-8-15(14)12-16/h2,5-6,9,14-16,18,20H,3-4,7-8,10-12,19H2,1H3. The van der Waals surface area contributed by atoms with Crippen LogP contribution >= 0.6 is 0 Å². The highest BCUT2D eigenvalue weighted by atomic mass is 15.2. The summed E-state index contributed by atoms with van der Waals surface area (Å²) in [6.45, 7) is 2.20. The maximum absolute atomic E-state index is 5.92. The number of hydrogen-bond acceptors (Lipinski definition) is 2. The Labute approximate surface area is 123 Å². The van der Waals surface area contributed by atoms with Crippen molar-refractivity contribution in [1.29, 1.82) is 0 Å². The van der Waals surface area contributed by atoms with Gasteiger partial charge in [-0.2, -0.15) is 0 Å². The van der Waals surface area contributed by atoms with E-state index in [-0.39, 0.29) is 0 Å². The molecule has 3 N–H and O–H groups in total. The van der Waals surface area contributed by atoms with Crippen LogP contribution in [0.2, 0.25) is 0 Å². The van der Waals surface area contributed by atoms with Crippen molar-refractivity contribution in [2.75, 3.05) is 0 Å². The molecule has 4 unspecified atom stereocenters. The van der Waals surface area contributed by atoms with Gasteiger partial charge in [0, 0.05) is 6.04 Å². The quantitative estimate of drug-likeness (QED) is 0.642. The molecule has 1 aromatic carbocycles. The van der Waals surface area contributed by atoms with Crippen molar-refractivity contribution in [2.24, 2.45) is 23.6 Å². The molecule has 2 aliphatic rings. The van der Waals surface area contributed by atoms with E-state index < -0.39 is 0 Å². The SMILES string of the molecule is Cc1ccccc1C(NN)C1CCC2CCCCC2C1. The van der Waals surface area contributed by atoms with E-state index in [1.807, 2.05) is 0 Å². The number of aryl methyl sites for hydroxylation is 1. The monoisotopic (exact) mass is 272 g/mol. The Morgan fingerprint density at radius 1 is 1.05 bits per heavy atom. The van der Waals surface area contributed by atoms with Crippen LogP contribution in [-0.2, 0) is 0 Å². The highest BCUT2D eigenvalue weighted by Gasteiger charge is 2.35. The number of nitrogens with two attached hydrogens (primary N) is 1. The molecule has 0 bridgehead atoms. The second-order valence-electron chi connectivity index (χ2n) is 6.88. The minimum Gasteiger partial charge on any atom is -0.271 e. The van der Waals surface area contributed by atoms with E-state index in [0.29, 0.717) is 12.0 Å². The minimum atomic E-state index is 0.332. The summed E-state index contributed by atoms with van der Waals surface area (Å²) in [4.78, 5) is 0. The van der Waals surface area contributed by atoms with Crippen LogP contribution in [0.4, 0.5) is 0 Å². The van der Waals surface area contributed by atoms with Crippen LogP contribution < -0.4 is 11.3 Å². The Morgan fingerprint density at radius 2 is 1.80 bits per heavy atom. The van der Waals surface area contributed by atoms with E-state index >= 15 is 0 Å². The molecule has 2 aliphatic carbocycles. The summed E-state index contributed by atoms with van der Waals surface area (Å²) in [7, 11) is 0. The first-order valence-electron chi connectivity index (χ1n) is 8.31. The first kappa shape index (κ1) is 14.1. The molecule has 2 nitrogen and oxygen atoms in total. The van der Waals surface area contributed by atoms with Gasteiger partial charge in [0.05, 0.1) is 0 Å². The van der Waals surface area contributed by atoms with Crippen molar-refractivity contribution in [3.8, 4) is 0 Å². The lowest BCUT2D eigenvalue weighted by Gasteiger charge is -2.42. The van der Waals surface area contributed by atoms with Gasteiger partial charge in [0.2, 0.25) is 0 Å². The third-order valence-electron chi connectivity index (χ3n) is 5.75. The Bertz CT molecular complexity index is 443. The molecule has 2 fully saturated rings. The van der Waals surface area contributed by atoms with E-state index in [0.717, 1.165) is 11.8 Å². The number of hydrazine groups is 1. The molecular formula is C18H28N2. The van der Waals surface area contributed by atoms with Gasteiger partial charge in [-0.3, -0.25) is 11.3 Å². The number of nitrogens with one attached hydrogen (secondary N) is 1. The van der Waals surface area contributed by atoms with Crippen LogP contribution in [0.25, 0.3) is 0 Å². The van der Waals surface area contributed by atoms with Crippen molar-refractivity contribution in [1.82, 2.24) is 5.43 Å². The second-order valence-corrected chi connectivity index (χ2v) is 6.88. The van der Waals surface area contributed by atoms with Gasteiger partial charge >= 0.3 is 0 Å². The van der Waals surface area contributed by atoms with Crippen molar-refractivity contribution in [2.45, 2.75) is 57.9 Å². The summed E-state index contributed by atoms with van der Waals surface area (Å²) < 4.78 is 0. The highest BCUT2D eigenvalue weighted by molar-refractivity contribution is 5.29. The molecule has 0 aromatic heterocycles. The average molecular weight is 272 g/mol. The zero-order valence-corrected chi connectivity index (χ0v) is 12.6. The average Bonchev–Trinajstić information content (AvgIpc) is 2.50. The summed E-state index contributed by atoms with van der Waals surface area (Å²) in [5.74, 6) is 8.60. The summed E-state index contributed by atoms with van der Waals surface area (Å²) in [6.07, 6.45) is 9.95. The largest absolute Gasteiger partial charge is 0.271 e. The minimum absolute atomic E-state index is 0.332. The zero-order valence-electron chi connectivity index (χ0n) is 12.6. The fraction of sp³-hybridized carbons (Fsp3) is 0.667. The lowest BCUT2D eigenvalue weighted by molar-refractivity contribution is 0.109. The molecule has 3 rings (SSSR count). The number of rotatable bonds is 3. The van der Waals surface area contributed by atoms with E-state index in [2.05, 4.69) is 36.6 Å². The van der Waals surface area contributed by atoms with Crippen LogP contribution in [0.3, 0.4) is 0 Å². The van der Waals surface area contributed by atoms with Gasteiger partial charge in [-0.15, -0.1) is 0 Å². The number of benzene rings is 1. The summed E-state index contributed by atoms with van der Waals surface area (Å²) in [6, 6.07) is 9.03. The molecule has 1 aromatic rings. The molecule has 0 saturated heterocycles. The highest BCUT2D eigenvalue weighted by Crippen LogP contribution is 2.46. The molecular weight excluding hydrogens is 244 g/mol. The van der Waals surface area contributed by atoms with Crippen molar-refractivity contribution in [3.63, 3.8) is 0 Å². The molecule has 4 atom stereocenters. The molecule has 0 radical (unpaired) electrons. The van der Waals surface area contributed by atoms with Crippen LogP contribution in [0.15, 0.2) is 24.3 Å². The topological polar surface area (TPSA) is 38.0 Å². The molecule has 0 heterocycles. The van der Waals surface area contributed by atoms with E-state index in [4.69, 9.17) is 5.84 Å². The maximum atomic E-state index is 5.92. The zero-order chi connectivity index (χ0) is 13.9. The second kappa shape index (κ2) is 6.28. The van der Waals surface area contributed by atoms with E-state index in [1.165, 1.54) is 56.1 Å². The molecule has 0 amide bonds. The van der Waals surface area contributed by atoms with Gasteiger partial charge in [0.25, 0.3) is 0 Å².